The molecule has 1 fully saturated rings. The summed E-state index contributed by atoms with van der Waals surface area (Å²) in [7, 11) is -0.863. The third-order valence-corrected chi connectivity index (χ3v) is 5.49. The van der Waals surface area contributed by atoms with Crippen LogP contribution in [-0.4, -0.2) is 22.0 Å². The fraction of sp³-hybridized carbons (Fsp3) is 0.600. The van der Waals surface area contributed by atoms with E-state index in [9.17, 15) is 4.21 Å². The summed E-state index contributed by atoms with van der Waals surface area (Å²) >= 11 is 0. The van der Waals surface area contributed by atoms with E-state index in [2.05, 4.69) is 31.3 Å². The van der Waals surface area contributed by atoms with Gasteiger partial charge in [0, 0.05) is 10.9 Å². The van der Waals surface area contributed by atoms with E-state index >= 15 is 0 Å². The van der Waals surface area contributed by atoms with Crippen LogP contribution in [-0.2, 0) is 10.8 Å². The number of rotatable bonds is 5. The normalized spacial score (nSPS) is 25.2. The number of benzene rings is 1. The highest BCUT2D eigenvalue weighted by atomic mass is 32.2. The summed E-state index contributed by atoms with van der Waals surface area (Å²) in [4.78, 5) is 0.982. The fourth-order valence-corrected chi connectivity index (χ4v) is 4.26. The number of aryl methyl sites for hydroxylation is 1. The maximum absolute atomic E-state index is 12.6. The molecule has 1 aliphatic rings. The molecule has 3 unspecified atom stereocenters. The Hall–Kier alpha value is -0.670. The van der Waals surface area contributed by atoms with Crippen molar-refractivity contribution in [2.75, 3.05) is 6.54 Å². The van der Waals surface area contributed by atoms with Crippen molar-refractivity contribution < 1.29 is 4.21 Å². The van der Waals surface area contributed by atoms with Gasteiger partial charge < -0.3 is 5.32 Å². The second kappa shape index (κ2) is 6.48. The zero-order valence-corrected chi connectivity index (χ0v) is 12.1. The lowest BCUT2D eigenvalue weighted by Crippen LogP contribution is -2.38. The minimum absolute atomic E-state index is 0.291. The van der Waals surface area contributed by atoms with Crippen LogP contribution in [0.4, 0.5) is 0 Å². The summed E-state index contributed by atoms with van der Waals surface area (Å²) in [5.41, 5.74) is 1.22. The molecule has 2 nitrogen and oxygen atoms in total. The SMILES string of the molecule is CCCNC1CCCC1S(=O)c1ccc(C)cc1. The van der Waals surface area contributed by atoms with Gasteiger partial charge in [-0.05, 0) is 44.9 Å². The van der Waals surface area contributed by atoms with Crippen LogP contribution in [0.15, 0.2) is 29.2 Å². The smallest absolute Gasteiger partial charge is 0.0576 e. The van der Waals surface area contributed by atoms with E-state index in [1.54, 1.807) is 0 Å². The fourth-order valence-electron chi connectivity index (χ4n) is 2.59. The van der Waals surface area contributed by atoms with Crippen LogP contribution in [0.25, 0.3) is 0 Å². The molecular weight excluding hydrogens is 242 g/mol. The Morgan fingerprint density at radius 1 is 1.28 bits per heavy atom. The minimum Gasteiger partial charge on any atom is -0.313 e. The molecule has 0 bridgehead atoms. The molecule has 1 aromatic rings. The van der Waals surface area contributed by atoms with Crippen LogP contribution < -0.4 is 5.32 Å². The molecule has 1 N–H and O–H groups in total. The van der Waals surface area contributed by atoms with Crippen molar-refractivity contribution >= 4 is 10.8 Å². The molecule has 3 atom stereocenters. The van der Waals surface area contributed by atoms with E-state index in [-0.39, 0.29) is 0 Å². The molecule has 0 heterocycles. The number of nitrogens with one attached hydrogen (secondary N) is 1. The van der Waals surface area contributed by atoms with E-state index < -0.39 is 10.8 Å². The zero-order chi connectivity index (χ0) is 13.0. The number of hydrogen-bond donors (Lipinski definition) is 1. The summed E-state index contributed by atoms with van der Waals surface area (Å²) in [5, 5.41) is 3.84. The summed E-state index contributed by atoms with van der Waals surface area (Å²) < 4.78 is 12.6. The molecule has 0 saturated heterocycles. The van der Waals surface area contributed by atoms with Crippen molar-refractivity contribution in [2.45, 2.75) is 55.7 Å². The molecule has 0 spiro atoms. The first-order chi connectivity index (χ1) is 8.72. The largest absolute Gasteiger partial charge is 0.313 e. The van der Waals surface area contributed by atoms with Crippen molar-refractivity contribution in [2.24, 2.45) is 0 Å². The van der Waals surface area contributed by atoms with E-state index in [4.69, 9.17) is 0 Å². The van der Waals surface area contributed by atoms with E-state index in [0.29, 0.717) is 11.3 Å². The Morgan fingerprint density at radius 2 is 2.00 bits per heavy atom. The van der Waals surface area contributed by atoms with Gasteiger partial charge in [-0.15, -0.1) is 0 Å². The van der Waals surface area contributed by atoms with Crippen molar-refractivity contribution in [1.82, 2.24) is 5.32 Å². The molecule has 2 rings (SSSR count). The van der Waals surface area contributed by atoms with Gasteiger partial charge in [-0.3, -0.25) is 4.21 Å². The van der Waals surface area contributed by atoms with E-state index in [1.165, 1.54) is 18.4 Å². The highest BCUT2D eigenvalue weighted by Crippen LogP contribution is 2.27. The molecule has 1 aromatic carbocycles. The third kappa shape index (κ3) is 3.21. The van der Waals surface area contributed by atoms with Gasteiger partial charge >= 0.3 is 0 Å². The van der Waals surface area contributed by atoms with Gasteiger partial charge in [-0.1, -0.05) is 31.0 Å². The third-order valence-electron chi connectivity index (χ3n) is 3.64. The lowest BCUT2D eigenvalue weighted by atomic mass is 10.2. The molecule has 100 valence electrons. The van der Waals surface area contributed by atoms with E-state index in [0.717, 1.165) is 24.3 Å². The van der Waals surface area contributed by atoms with E-state index in [1.807, 2.05) is 12.1 Å². The molecule has 3 heteroatoms. The quantitative estimate of drug-likeness (QED) is 0.886. The predicted octanol–water partition coefficient (Wildman–Crippen LogP) is 3.02. The second-order valence-corrected chi connectivity index (χ2v) is 6.81. The van der Waals surface area contributed by atoms with Crippen molar-refractivity contribution in [3.63, 3.8) is 0 Å². The first-order valence-corrected chi connectivity index (χ1v) is 8.14. The minimum atomic E-state index is -0.863. The molecular formula is C15H23NOS. The Bertz CT molecular complexity index is 401. The Labute approximate surface area is 113 Å². The summed E-state index contributed by atoms with van der Waals surface area (Å²) in [6, 6.07) is 8.57. The first-order valence-electron chi connectivity index (χ1n) is 6.93. The average Bonchev–Trinajstić information content (AvgIpc) is 2.84. The molecule has 0 radical (unpaired) electrons. The van der Waals surface area contributed by atoms with Gasteiger partial charge in [-0.2, -0.15) is 0 Å². The van der Waals surface area contributed by atoms with Crippen LogP contribution in [0.3, 0.4) is 0 Å². The summed E-state index contributed by atoms with van der Waals surface area (Å²) in [5.74, 6) is 0. The Kier molecular flexibility index (Phi) is 4.95. The molecule has 1 aliphatic carbocycles. The molecule has 1 saturated carbocycles. The monoisotopic (exact) mass is 265 g/mol. The van der Waals surface area contributed by atoms with Crippen molar-refractivity contribution in [3.05, 3.63) is 29.8 Å². The van der Waals surface area contributed by atoms with Gasteiger partial charge in [0.15, 0.2) is 0 Å². The Balaban J connectivity index is 2.05. The lowest BCUT2D eigenvalue weighted by molar-refractivity contribution is 0.523. The maximum atomic E-state index is 12.6. The molecule has 0 aliphatic heterocycles. The lowest BCUT2D eigenvalue weighted by Gasteiger charge is -2.20. The van der Waals surface area contributed by atoms with Gasteiger partial charge in [0.1, 0.15) is 0 Å². The van der Waals surface area contributed by atoms with Gasteiger partial charge in [0.25, 0.3) is 0 Å². The van der Waals surface area contributed by atoms with Crippen LogP contribution in [0, 0.1) is 6.92 Å². The second-order valence-electron chi connectivity index (χ2n) is 5.14. The van der Waals surface area contributed by atoms with Crippen molar-refractivity contribution in [1.29, 1.82) is 0 Å². The highest BCUT2D eigenvalue weighted by Gasteiger charge is 2.31. The highest BCUT2D eigenvalue weighted by molar-refractivity contribution is 7.85. The van der Waals surface area contributed by atoms with Gasteiger partial charge in [0.05, 0.1) is 16.0 Å². The average molecular weight is 265 g/mol. The molecule has 0 amide bonds. The standard InChI is InChI=1S/C15H23NOS/c1-3-11-16-14-5-4-6-15(14)18(17)13-9-7-12(2)8-10-13/h7-10,14-16H,3-6,11H2,1-2H3. The first kappa shape index (κ1) is 13.8. The maximum Gasteiger partial charge on any atom is 0.0576 e. The van der Waals surface area contributed by atoms with Crippen LogP contribution in [0.2, 0.25) is 0 Å². The molecule has 0 aromatic heterocycles. The zero-order valence-electron chi connectivity index (χ0n) is 11.3. The number of hydrogen-bond acceptors (Lipinski definition) is 2. The van der Waals surface area contributed by atoms with Crippen LogP contribution in [0.5, 0.6) is 0 Å². The van der Waals surface area contributed by atoms with Gasteiger partial charge in [0.2, 0.25) is 0 Å². The molecule has 18 heavy (non-hydrogen) atoms. The predicted molar refractivity (Wildman–Crippen MR) is 77.3 cm³/mol. The Morgan fingerprint density at radius 3 is 2.67 bits per heavy atom. The van der Waals surface area contributed by atoms with Gasteiger partial charge in [-0.25, -0.2) is 0 Å². The van der Waals surface area contributed by atoms with Crippen LogP contribution in [0.1, 0.15) is 38.2 Å². The summed E-state index contributed by atoms with van der Waals surface area (Å²) in [6.45, 7) is 5.27. The van der Waals surface area contributed by atoms with Crippen LogP contribution >= 0.6 is 0 Å². The topological polar surface area (TPSA) is 29.1 Å². The van der Waals surface area contributed by atoms with Crippen molar-refractivity contribution in [3.8, 4) is 0 Å². The summed E-state index contributed by atoms with van der Waals surface area (Å²) in [6.07, 6.45) is 4.59.